The molecule has 3 aromatic carbocycles. The number of methoxy groups -OCH3 is 2. The first-order chi connectivity index (χ1) is 13.6. The van der Waals surface area contributed by atoms with Crippen LogP contribution in [0.25, 0.3) is 22.1 Å². The monoisotopic (exact) mass is 374 g/mol. The minimum Gasteiger partial charge on any atom is -0.496 e. The van der Waals surface area contributed by atoms with E-state index >= 15 is 0 Å². The Hall–Kier alpha value is -3.24. The number of benzene rings is 3. The summed E-state index contributed by atoms with van der Waals surface area (Å²) in [6, 6.07) is 21.3. The first-order valence-corrected chi connectivity index (χ1v) is 9.11. The molecule has 0 radical (unpaired) electrons. The normalized spacial score (nSPS) is 12.1. The average molecular weight is 374 g/mol. The van der Waals surface area contributed by atoms with Gasteiger partial charge in [0.15, 0.2) is 0 Å². The SMILES string of the molecule is COc1cc(OC)c2c(-c3ccccc3)c(C(O)c3ccc(C)cc3)oc2c1. The van der Waals surface area contributed by atoms with Gasteiger partial charge in [-0.3, -0.25) is 0 Å². The van der Waals surface area contributed by atoms with Crippen LogP contribution >= 0.6 is 0 Å². The minimum atomic E-state index is -0.904. The highest BCUT2D eigenvalue weighted by Crippen LogP contribution is 2.45. The van der Waals surface area contributed by atoms with Gasteiger partial charge in [0.1, 0.15) is 28.9 Å². The standard InChI is InChI=1S/C24H22O4/c1-15-9-11-17(12-10-15)23(25)24-21(16-7-5-4-6-8-16)22-19(27-3)13-18(26-2)14-20(22)28-24/h4-14,23,25H,1-3H3. The Morgan fingerprint density at radius 1 is 0.893 bits per heavy atom. The van der Waals surface area contributed by atoms with Gasteiger partial charge >= 0.3 is 0 Å². The van der Waals surface area contributed by atoms with Gasteiger partial charge in [-0.2, -0.15) is 0 Å². The van der Waals surface area contributed by atoms with Gasteiger partial charge < -0.3 is 19.0 Å². The number of hydrogen-bond donors (Lipinski definition) is 1. The molecular formula is C24H22O4. The Kier molecular flexibility index (Phi) is 4.80. The van der Waals surface area contributed by atoms with Crippen LogP contribution in [0.3, 0.4) is 0 Å². The highest BCUT2D eigenvalue weighted by molar-refractivity contribution is 6.01. The van der Waals surface area contributed by atoms with Gasteiger partial charge in [0.25, 0.3) is 0 Å². The summed E-state index contributed by atoms with van der Waals surface area (Å²) >= 11 is 0. The zero-order valence-corrected chi connectivity index (χ0v) is 16.1. The van der Waals surface area contributed by atoms with Crippen LogP contribution in [-0.2, 0) is 0 Å². The van der Waals surface area contributed by atoms with Crippen LogP contribution in [0, 0.1) is 6.92 Å². The van der Waals surface area contributed by atoms with Crippen LogP contribution in [-0.4, -0.2) is 19.3 Å². The Morgan fingerprint density at radius 3 is 2.25 bits per heavy atom. The van der Waals surface area contributed by atoms with Gasteiger partial charge in [-0.15, -0.1) is 0 Å². The lowest BCUT2D eigenvalue weighted by atomic mass is 9.96. The average Bonchev–Trinajstić information content (AvgIpc) is 3.13. The van der Waals surface area contributed by atoms with Crippen molar-refractivity contribution in [3.8, 4) is 22.6 Å². The van der Waals surface area contributed by atoms with E-state index in [1.807, 2.05) is 73.7 Å². The summed E-state index contributed by atoms with van der Waals surface area (Å²) in [4.78, 5) is 0. The van der Waals surface area contributed by atoms with Crippen LogP contribution in [0.5, 0.6) is 11.5 Å². The molecule has 0 fully saturated rings. The smallest absolute Gasteiger partial charge is 0.146 e. The summed E-state index contributed by atoms with van der Waals surface area (Å²) < 4.78 is 17.2. The molecule has 4 heteroatoms. The molecule has 0 saturated carbocycles. The zero-order valence-electron chi connectivity index (χ0n) is 16.1. The lowest BCUT2D eigenvalue weighted by molar-refractivity contribution is 0.193. The molecular weight excluding hydrogens is 352 g/mol. The van der Waals surface area contributed by atoms with Crippen LogP contribution in [0.1, 0.15) is 23.0 Å². The number of aryl methyl sites for hydroxylation is 1. The fourth-order valence-electron chi connectivity index (χ4n) is 3.45. The second-order valence-electron chi connectivity index (χ2n) is 6.72. The van der Waals surface area contributed by atoms with E-state index in [0.29, 0.717) is 22.8 Å². The van der Waals surface area contributed by atoms with Gasteiger partial charge in [0, 0.05) is 17.7 Å². The fourth-order valence-corrected chi connectivity index (χ4v) is 3.45. The Bertz CT molecular complexity index is 1100. The lowest BCUT2D eigenvalue weighted by Gasteiger charge is -2.12. The van der Waals surface area contributed by atoms with Crippen molar-refractivity contribution in [3.05, 3.63) is 83.6 Å². The van der Waals surface area contributed by atoms with Crippen molar-refractivity contribution in [1.82, 2.24) is 0 Å². The zero-order chi connectivity index (χ0) is 19.7. The van der Waals surface area contributed by atoms with Crippen molar-refractivity contribution in [1.29, 1.82) is 0 Å². The number of fused-ring (bicyclic) bond motifs is 1. The molecule has 28 heavy (non-hydrogen) atoms. The number of hydrogen-bond acceptors (Lipinski definition) is 4. The van der Waals surface area contributed by atoms with E-state index < -0.39 is 6.10 Å². The molecule has 1 atom stereocenters. The molecule has 0 spiro atoms. The van der Waals surface area contributed by atoms with E-state index in [1.165, 1.54) is 0 Å². The molecule has 142 valence electrons. The molecule has 1 aromatic heterocycles. The highest BCUT2D eigenvalue weighted by atomic mass is 16.5. The molecule has 4 nitrogen and oxygen atoms in total. The Morgan fingerprint density at radius 2 is 1.61 bits per heavy atom. The maximum absolute atomic E-state index is 11.2. The predicted octanol–water partition coefficient (Wildman–Crippen LogP) is 5.51. The maximum atomic E-state index is 11.2. The van der Waals surface area contributed by atoms with E-state index in [0.717, 1.165) is 27.6 Å². The molecule has 0 saturated heterocycles. The number of aliphatic hydroxyl groups is 1. The van der Waals surface area contributed by atoms with Crippen LogP contribution < -0.4 is 9.47 Å². The van der Waals surface area contributed by atoms with E-state index in [1.54, 1.807) is 14.2 Å². The number of rotatable bonds is 5. The van der Waals surface area contributed by atoms with Gasteiger partial charge in [-0.05, 0) is 18.1 Å². The van der Waals surface area contributed by atoms with Crippen molar-refractivity contribution < 1.29 is 19.0 Å². The van der Waals surface area contributed by atoms with Gasteiger partial charge in [-0.25, -0.2) is 0 Å². The van der Waals surface area contributed by atoms with Crippen molar-refractivity contribution >= 4 is 11.0 Å². The fraction of sp³-hybridized carbons (Fsp3) is 0.167. The van der Waals surface area contributed by atoms with Crippen molar-refractivity contribution in [2.75, 3.05) is 14.2 Å². The molecule has 1 N–H and O–H groups in total. The maximum Gasteiger partial charge on any atom is 0.146 e. The number of ether oxygens (including phenoxy) is 2. The van der Waals surface area contributed by atoms with E-state index in [-0.39, 0.29) is 0 Å². The molecule has 0 aliphatic carbocycles. The van der Waals surface area contributed by atoms with Crippen molar-refractivity contribution in [3.63, 3.8) is 0 Å². The lowest BCUT2D eigenvalue weighted by Crippen LogP contribution is -2.00. The summed E-state index contributed by atoms with van der Waals surface area (Å²) in [5, 5.41) is 12.0. The van der Waals surface area contributed by atoms with Crippen molar-refractivity contribution in [2.45, 2.75) is 13.0 Å². The molecule has 4 aromatic rings. The molecule has 0 aliphatic rings. The Balaban J connectivity index is 2.00. The second kappa shape index (κ2) is 7.41. The van der Waals surface area contributed by atoms with Gasteiger partial charge in [0.05, 0.1) is 19.6 Å². The molecule has 0 amide bonds. The summed E-state index contributed by atoms with van der Waals surface area (Å²) in [5.74, 6) is 1.75. The second-order valence-corrected chi connectivity index (χ2v) is 6.72. The first-order valence-electron chi connectivity index (χ1n) is 9.11. The largest absolute Gasteiger partial charge is 0.496 e. The molecule has 0 bridgehead atoms. The summed E-state index contributed by atoms with van der Waals surface area (Å²) in [6.45, 7) is 2.02. The van der Waals surface area contributed by atoms with Crippen LogP contribution in [0.15, 0.2) is 71.1 Å². The molecule has 1 unspecified atom stereocenters. The predicted molar refractivity (Wildman–Crippen MR) is 110 cm³/mol. The van der Waals surface area contributed by atoms with Crippen LogP contribution in [0.2, 0.25) is 0 Å². The topological polar surface area (TPSA) is 51.8 Å². The summed E-state index contributed by atoms with van der Waals surface area (Å²) in [5.41, 5.74) is 4.29. The van der Waals surface area contributed by atoms with E-state index in [2.05, 4.69) is 0 Å². The minimum absolute atomic E-state index is 0.483. The molecule has 1 heterocycles. The number of aliphatic hydroxyl groups excluding tert-OH is 1. The first kappa shape index (κ1) is 18.1. The Labute approximate surface area is 164 Å². The van der Waals surface area contributed by atoms with E-state index in [4.69, 9.17) is 13.9 Å². The summed E-state index contributed by atoms with van der Waals surface area (Å²) in [7, 11) is 3.22. The number of furan rings is 1. The molecule has 0 aliphatic heterocycles. The summed E-state index contributed by atoms with van der Waals surface area (Å²) in [6.07, 6.45) is -0.904. The quantitative estimate of drug-likeness (QED) is 0.501. The van der Waals surface area contributed by atoms with Gasteiger partial charge in [0.2, 0.25) is 0 Å². The van der Waals surface area contributed by atoms with Gasteiger partial charge in [-0.1, -0.05) is 60.2 Å². The van der Waals surface area contributed by atoms with E-state index in [9.17, 15) is 5.11 Å². The van der Waals surface area contributed by atoms with Crippen LogP contribution in [0.4, 0.5) is 0 Å². The third-order valence-corrected chi connectivity index (χ3v) is 4.92. The third kappa shape index (κ3) is 3.12. The molecule has 4 rings (SSSR count). The highest BCUT2D eigenvalue weighted by Gasteiger charge is 2.26. The third-order valence-electron chi connectivity index (χ3n) is 4.92. The van der Waals surface area contributed by atoms with Crippen molar-refractivity contribution in [2.24, 2.45) is 0 Å².